The number of pyridine rings is 1. The van der Waals surface area contributed by atoms with Crippen LogP contribution >= 0.6 is 11.6 Å². The van der Waals surface area contributed by atoms with Crippen LogP contribution in [0.25, 0.3) is 5.65 Å². The van der Waals surface area contributed by atoms with Crippen LogP contribution in [0.1, 0.15) is 40.4 Å². The fourth-order valence-corrected chi connectivity index (χ4v) is 3.84. The maximum atomic E-state index is 13.7. The average Bonchev–Trinajstić information content (AvgIpc) is 3.12. The molecule has 2 aromatic heterocycles. The maximum absolute atomic E-state index is 13.7. The molecule has 1 aliphatic heterocycles. The molecule has 1 amide bonds. The third kappa shape index (κ3) is 3.95. The van der Waals surface area contributed by atoms with Crippen molar-refractivity contribution in [2.24, 2.45) is 0 Å². The number of alkyl halides is 3. The van der Waals surface area contributed by atoms with E-state index < -0.39 is 17.6 Å². The van der Waals surface area contributed by atoms with Crippen LogP contribution < -0.4 is 10.6 Å². The lowest BCUT2D eigenvalue weighted by atomic mass is 9.88. The Morgan fingerprint density at radius 3 is 2.66 bits per heavy atom. The molecular formula is C20H18ClF3N4O. The molecule has 3 aromatic rings. The first-order valence-electron chi connectivity index (χ1n) is 9.19. The first kappa shape index (κ1) is 19.7. The molecule has 4 rings (SSSR count). The summed E-state index contributed by atoms with van der Waals surface area (Å²) in [5, 5.41) is 6.21. The molecule has 0 unspecified atom stereocenters. The van der Waals surface area contributed by atoms with Gasteiger partial charge in [-0.25, -0.2) is 4.98 Å². The molecule has 0 radical (unpaired) electrons. The van der Waals surface area contributed by atoms with E-state index in [0.717, 1.165) is 6.07 Å². The van der Waals surface area contributed by atoms with Crippen molar-refractivity contribution in [3.8, 4) is 0 Å². The van der Waals surface area contributed by atoms with Crippen molar-refractivity contribution >= 4 is 28.8 Å². The quantitative estimate of drug-likeness (QED) is 0.641. The van der Waals surface area contributed by atoms with Gasteiger partial charge in [0.1, 0.15) is 11.3 Å². The highest BCUT2D eigenvalue weighted by molar-refractivity contribution is 6.33. The van der Waals surface area contributed by atoms with Gasteiger partial charge in [0.05, 0.1) is 22.5 Å². The highest BCUT2D eigenvalue weighted by atomic mass is 35.5. The highest BCUT2D eigenvalue weighted by Crippen LogP contribution is 2.38. The second-order valence-electron chi connectivity index (χ2n) is 6.97. The summed E-state index contributed by atoms with van der Waals surface area (Å²) in [5.41, 5.74) is 0.125. The molecule has 1 aliphatic rings. The highest BCUT2D eigenvalue weighted by Gasteiger charge is 2.36. The summed E-state index contributed by atoms with van der Waals surface area (Å²) in [6, 6.07) is 7.75. The Bertz CT molecular complexity index is 1060. The van der Waals surface area contributed by atoms with Crippen molar-refractivity contribution in [2.45, 2.75) is 24.9 Å². The smallest absolute Gasteiger partial charge is 0.319 e. The summed E-state index contributed by atoms with van der Waals surface area (Å²) >= 11 is 6.08. The second-order valence-corrected chi connectivity index (χ2v) is 7.38. The number of benzene rings is 1. The summed E-state index contributed by atoms with van der Waals surface area (Å²) in [4.78, 5) is 16.8. The molecule has 0 spiro atoms. The molecule has 0 aliphatic carbocycles. The number of nitrogens with one attached hydrogen (secondary N) is 2. The predicted octanol–water partition coefficient (Wildman–Crippen LogP) is 4.73. The van der Waals surface area contributed by atoms with Crippen molar-refractivity contribution in [3.05, 3.63) is 64.6 Å². The SMILES string of the molecule is O=C(Nc1ccccc1Cl)c1cnc2cc(C(F)(F)F)c(C3CCNCC3)cn12. The van der Waals surface area contributed by atoms with Crippen molar-refractivity contribution in [1.82, 2.24) is 14.7 Å². The number of hydrogen-bond acceptors (Lipinski definition) is 3. The third-order valence-electron chi connectivity index (χ3n) is 5.12. The van der Waals surface area contributed by atoms with Gasteiger partial charge >= 0.3 is 6.18 Å². The largest absolute Gasteiger partial charge is 0.416 e. The number of anilines is 1. The van der Waals surface area contributed by atoms with E-state index in [1.807, 2.05) is 0 Å². The summed E-state index contributed by atoms with van der Waals surface area (Å²) < 4.78 is 42.5. The number of rotatable bonds is 3. The number of hydrogen-bond donors (Lipinski definition) is 2. The monoisotopic (exact) mass is 422 g/mol. The topological polar surface area (TPSA) is 58.4 Å². The second kappa shape index (κ2) is 7.68. The number of piperidine rings is 1. The van der Waals surface area contributed by atoms with Crippen LogP contribution in [0.15, 0.2) is 42.7 Å². The zero-order valence-electron chi connectivity index (χ0n) is 15.3. The first-order chi connectivity index (χ1) is 13.8. The Morgan fingerprint density at radius 2 is 1.97 bits per heavy atom. The molecule has 1 fully saturated rings. The fourth-order valence-electron chi connectivity index (χ4n) is 3.66. The van der Waals surface area contributed by atoms with E-state index in [0.29, 0.717) is 36.6 Å². The lowest BCUT2D eigenvalue weighted by Crippen LogP contribution is -2.28. The van der Waals surface area contributed by atoms with Gasteiger partial charge in [0, 0.05) is 6.20 Å². The van der Waals surface area contributed by atoms with Crippen LogP contribution in [0.5, 0.6) is 0 Å². The number of para-hydroxylation sites is 1. The Kier molecular flexibility index (Phi) is 5.23. The number of carbonyl (C=O) groups is 1. The molecular weight excluding hydrogens is 405 g/mol. The molecule has 0 saturated carbocycles. The van der Waals surface area contributed by atoms with E-state index in [1.54, 1.807) is 24.3 Å². The van der Waals surface area contributed by atoms with Crippen LogP contribution in [-0.2, 0) is 6.18 Å². The number of halogens is 4. The zero-order valence-corrected chi connectivity index (χ0v) is 16.0. The van der Waals surface area contributed by atoms with Gasteiger partial charge in [-0.15, -0.1) is 0 Å². The number of imidazole rings is 1. The zero-order chi connectivity index (χ0) is 20.6. The number of carbonyl (C=O) groups excluding carboxylic acids is 1. The Morgan fingerprint density at radius 1 is 1.24 bits per heavy atom. The first-order valence-corrected chi connectivity index (χ1v) is 9.57. The fraction of sp³-hybridized carbons (Fsp3) is 0.300. The van der Waals surface area contributed by atoms with Gasteiger partial charge in [-0.05, 0) is 55.6 Å². The normalized spacial score (nSPS) is 15.6. The Hall–Kier alpha value is -2.58. The summed E-state index contributed by atoms with van der Waals surface area (Å²) in [6.07, 6.45) is -0.612. The van der Waals surface area contributed by atoms with Crippen molar-refractivity contribution in [3.63, 3.8) is 0 Å². The molecule has 2 N–H and O–H groups in total. The minimum absolute atomic E-state index is 0.0688. The van der Waals surface area contributed by atoms with E-state index in [-0.39, 0.29) is 22.8 Å². The minimum atomic E-state index is -4.49. The molecule has 5 nitrogen and oxygen atoms in total. The molecule has 1 aromatic carbocycles. The lowest BCUT2D eigenvalue weighted by molar-refractivity contribution is -0.138. The molecule has 0 bridgehead atoms. The molecule has 3 heterocycles. The number of amides is 1. The standard InChI is InChI=1S/C20H18ClF3N4O/c21-15-3-1-2-4-16(15)27-19(29)17-10-26-18-9-14(20(22,23)24)13(11-28(17)18)12-5-7-25-8-6-12/h1-4,9-12,25H,5-8H2,(H,27,29). The maximum Gasteiger partial charge on any atom is 0.416 e. The van der Waals surface area contributed by atoms with Crippen molar-refractivity contribution < 1.29 is 18.0 Å². The van der Waals surface area contributed by atoms with Crippen molar-refractivity contribution in [2.75, 3.05) is 18.4 Å². The van der Waals surface area contributed by atoms with E-state index in [9.17, 15) is 18.0 Å². The average molecular weight is 423 g/mol. The van der Waals surface area contributed by atoms with Crippen LogP contribution in [0, 0.1) is 0 Å². The van der Waals surface area contributed by atoms with Gasteiger partial charge in [-0.3, -0.25) is 9.20 Å². The van der Waals surface area contributed by atoms with Gasteiger partial charge in [-0.2, -0.15) is 13.2 Å². The van der Waals surface area contributed by atoms with Crippen molar-refractivity contribution in [1.29, 1.82) is 0 Å². The van der Waals surface area contributed by atoms with E-state index >= 15 is 0 Å². The lowest BCUT2D eigenvalue weighted by Gasteiger charge is -2.26. The summed E-state index contributed by atoms with van der Waals surface area (Å²) in [5.74, 6) is -0.735. The van der Waals surface area contributed by atoms with Crippen LogP contribution in [-0.4, -0.2) is 28.4 Å². The molecule has 29 heavy (non-hydrogen) atoms. The molecule has 0 atom stereocenters. The summed E-state index contributed by atoms with van der Waals surface area (Å²) in [7, 11) is 0. The number of nitrogens with zero attached hydrogens (tertiary/aromatic N) is 2. The van der Waals surface area contributed by atoms with E-state index in [4.69, 9.17) is 11.6 Å². The van der Waals surface area contributed by atoms with Crippen LogP contribution in [0.4, 0.5) is 18.9 Å². The number of fused-ring (bicyclic) bond motifs is 1. The Balaban J connectivity index is 1.77. The molecule has 152 valence electrons. The van der Waals surface area contributed by atoms with E-state index in [1.165, 1.54) is 16.8 Å². The summed E-state index contributed by atoms with van der Waals surface area (Å²) in [6.45, 7) is 1.31. The van der Waals surface area contributed by atoms with Gasteiger partial charge in [-0.1, -0.05) is 23.7 Å². The molecule has 1 saturated heterocycles. The predicted molar refractivity (Wildman–Crippen MR) is 104 cm³/mol. The van der Waals surface area contributed by atoms with Gasteiger partial charge in [0.25, 0.3) is 5.91 Å². The van der Waals surface area contributed by atoms with Gasteiger partial charge < -0.3 is 10.6 Å². The minimum Gasteiger partial charge on any atom is -0.319 e. The Labute approximate surface area is 169 Å². The van der Waals surface area contributed by atoms with Crippen LogP contribution in [0.3, 0.4) is 0 Å². The van der Waals surface area contributed by atoms with Gasteiger partial charge in [0.2, 0.25) is 0 Å². The van der Waals surface area contributed by atoms with E-state index in [2.05, 4.69) is 15.6 Å². The van der Waals surface area contributed by atoms with Crippen LogP contribution in [0.2, 0.25) is 5.02 Å². The molecule has 9 heteroatoms. The number of aromatic nitrogens is 2. The third-order valence-corrected chi connectivity index (χ3v) is 5.45. The van der Waals surface area contributed by atoms with Gasteiger partial charge in [0.15, 0.2) is 0 Å².